The number of H-pyrrole nitrogens is 1. The van der Waals surface area contributed by atoms with Crippen molar-refractivity contribution < 1.29 is 14.6 Å². The van der Waals surface area contributed by atoms with Gasteiger partial charge in [0.25, 0.3) is 0 Å². The number of carbonyl (C=O) groups excluding carboxylic acids is 1. The number of para-hydroxylation sites is 1. The summed E-state index contributed by atoms with van der Waals surface area (Å²) in [5.74, 6) is 2.99. The van der Waals surface area contributed by atoms with Crippen molar-refractivity contribution in [2.24, 2.45) is 0 Å². The van der Waals surface area contributed by atoms with Gasteiger partial charge in [0, 0.05) is 53.8 Å². The number of carbonyl (C=O) groups is 1. The molecule has 0 bridgehead atoms. The van der Waals surface area contributed by atoms with Gasteiger partial charge in [-0.3, -0.25) is 9.69 Å². The molecule has 5 rings (SSSR count). The summed E-state index contributed by atoms with van der Waals surface area (Å²) in [7, 11) is 0. The molecule has 142 valence electrons. The maximum atomic E-state index is 12.9. The number of ketones is 1. The average molecular weight is 392 g/mol. The minimum Gasteiger partial charge on any atom is -0.507 e. The number of hydrogen-bond acceptors (Lipinski definition) is 5. The van der Waals surface area contributed by atoms with Crippen molar-refractivity contribution in [3.63, 3.8) is 0 Å². The molecule has 28 heavy (non-hydrogen) atoms. The summed E-state index contributed by atoms with van der Waals surface area (Å²) in [6.45, 7) is 2.53. The number of nitrogens with one attached hydrogen (secondary N) is 1. The molecule has 1 aromatic heterocycles. The first-order chi connectivity index (χ1) is 13.7. The number of aromatic nitrogens is 1. The SMILES string of the molecule is O=C1C(=Cc2c[nH]c3ccccc23)Oc2c1ccc(O)c2CN1CCSCC1. The van der Waals surface area contributed by atoms with Gasteiger partial charge in [0.15, 0.2) is 5.76 Å². The Morgan fingerprint density at radius 2 is 2.00 bits per heavy atom. The van der Waals surface area contributed by atoms with Crippen LogP contribution in [0.5, 0.6) is 11.5 Å². The summed E-state index contributed by atoms with van der Waals surface area (Å²) < 4.78 is 6.00. The molecule has 0 spiro atoms. The number of Topliss-reactive ketones (excluding diaryl/α,β-unsaturated/α-hetero) is 1. The lowest BCUT2D eigenvalue weighted by atomic mass is 10.0. The molecule has 2 aromatic carbocycles. The van der Waals surface area contributed by atoms with Crippen LogP contribution in [0.25, 0.3) is 17.0 Å². The third-order valence-corrected chi connectivity index (χ3v) is 6.25. The number of rotatable bonds is 3. The van der Waals surface area contributed by atoms with E-state index in [0.717, 1.165) is 41.1 Å². The second kappa shape index (κ2) is 7.04. The Bertz CT molecular complexity index is 1100. The first kappa shape index (κ1) is 17.4. The molecule has 3 aromatic rings. The molecule has 0 amide bonds. The van der Waals surface area contributed by atoms with Crippen molar-refractivity contribution in [3.8, 4) is 11.5 Å². The number of nitrogens with zero attached hydrogens (tertiary/aromatic N) is 1. The molecule has 1 saturated heterocycles. The van der Waals surface area contributed by atoms with Crippen molar-refractivity contribution in [1.29, 1.82) is 0 Å². The van der Waals surface area contributed by atoms with Gasteiger partial charge in [0.05, 0.1) is 11.1 Å². The van der Waals surface area contributed by atoms with Crippen LogP contribution in [0.3, 0.4) is 0 Å². The van der Waals surface area contributed by atoms with Crippen LogP contribution in [-0.2, 0) is 6.54 Å². The lowest BCUT2D eigenvalue weighted by molar-refractivity contribution is 0.101. The van der Waals surface area contributed by atoms with Crippen molar-refractivity contribution in [1.82, 2.24) is 9.88 Å². The highest BCUT2D eigenvalue weighted by Crippen LogP contribution is 2.40. The van der Waals surface area contributed by atoms with Crippen molar-refractivity contribution >= 4 is 34.5 Å². The molecule has 0 aliphatic carbocycles. The van der Waals surface area contributed by atoms with E-state index in [4.69, 9.17) is 4.74 Å². The molecular formula is C22H20N2O3S. The molecule has 1 fully saturated rings. The molecule has 0 unspecified atom stereocenters. The van der Waals surface area contributed by atoms with Crippen molar-refractivity contribution in [3.05, 3.63) is 65.0 Å². The number of phenols is 1. The maximum Gasteiger partial charge on any atom is 0.231 e. The Kier molecular flexibility index (Phi) is 4.37. The highest BCUT2D eigenvalue weighted by Gasteiger charge is 2.32. The summed E-state index contributed by atoms with van der Waals surface area (Å²) in [4.78, 5) is 18.4. The fraction of sp³-hybridized carbons (Fsp3) is 0.227. The van der Waals surface area contributed by atoms with Crippen LogP contribution in [0.15, 0.2) is 48.4 Å². The fourth-order valence-electron chi connectivity index (χ4n) is 3.79. The first-order valence-electron chi connectivity index (χ1n) is 9.36. The Morgan fingerprint density at radius 1 is 1.18 bits per heavy atom. The van der Waals surface area contributed by atoms with Crippen LogP contribution in [0.1, 0.15) is 21.5 Å². The van der Waals surface area contributed by atoms with E-state index < -0.39 is 0 Å². The van der Waals surface area contributed by atoms with E-state index in [-0.39, 0.29) is 11.5 Å². The minimum atomic E-state index is -0.143. The van der Waals surface area contributed by atoms with E-state index in [1.165, 1.54) is 0 Å². The van der Waals surface area contributed by atoms with Gasteiger partial charge >= 0.3 is 0 Å². The number of thioether (sulfide) groups is 1. The summed E-state index contributed by atoms with van der Waals surface area (Å²) in [5, 5.41) is 11.5. The standard InChI is InChI=1S/C22H20N2O3S/c25-19-6-5-16-21(26)20(11-14-12-23-18-4-2-1-3-15(14)18)27-22(16)17(19)13-24-7-9-28-10-8-24/h1-6,11-12,23,25H,7-10,13H2. The zero-order valence-electron chi connectivity index (χ0n) is 15.3. The van der Waals surface area contributed by atoms with E-state index in [9.17, 15) is 9.90 Å². The van der Waals surface area contributed by atoms with Gasteiger partial charge in [-0.15, -0.1) is 0 Å². The van der Waals surface area contributed by atoms with E-state index in [0.29, 0.717) is 29.2 Å². The number of ether oxygens (including phenoxy) is 1. The van der Waals surface area contributed by atoms with Crippen molar-refractivity contribution in [2.75, 3.05) is 24.6 Å². The van der Waals surface area contributed by atoms with Gasteiger partial charge < -0.3 is 14.8 Å². The molecule has 0 saturated carbocycles. The van der Waals surface area contributed by atoms with Gasteiger partial charge in [-0.2, -0.15) is 11.8 Å². The zero-order chi connectivity index (χ0) is 19.1. The minimum absolute atomic E-state index is 0.143. The number of phenolic OH excluding ortho intramolecular Hbond substituents is 1. The van der Waals surface area contributed by atoms with Crippen LogP contribution in [0, 0.1) is 0 Å². The third-order valence-electron chi connectivity index (χ3n) is 5.31. The van der Waals surface area contributed by atoms with Crippen LogP contribution >= 0.6 is 11.8 Å². The molecule has 5 nitrogen and oxygen atoms in total. The van der Waals surface area contributed by atoms with Gasteiger partial charge in [0.1, 0.15) is 11.5 Å². The third kappa shape index (κ3) is 2.99. The number of benzene rings is 2. The molecule has 0 radical (unpaired) electrons. The van der Waals surface area contributed by atoms with Crippen LogP contribution < -0.4 is 4.74 Å². The van der Waals surface area contributed by atoms with Crippen LogP contribution in [0.4, 0.5) is 0 Å². The van der Waals surface area contributed by atoms with Crippen LogP contribution in [0.2, 0.25) is 0 Å². The Labute approximate surface area is 167 Å². The van der Waals surface area contributed by atoms with Gasteiger partial charge in [-0.1, -0.05) is 18.2 Å². The normalized spacial score (nSPS) is 18.6. The Balaban J connectivity index is 1.50. The fourth-order valence-corrected chi connectivity index (χ4v) is 4.77. The quantitative estimate of drug-likeness (QED) is 0.659. The summed E-state index contributed by atoms with van der Waals surface area (Å²) in [6, 6.07) is 11.2. The molecule has 6 heteroatoms. The summed E-state index contributed by atoms with van der Waals surface area (Å²) >= 11 is 1.94. The zero-order valence-corrected chi connectivity index (χ0v) is 16.1. The number of fused-ring (bicyclic) bond motifs is 2. The lowest BCUT2D eigenvalue weighted by Gasteiger charge is -2.26. The van der Waals surface area contributed by atoms with E-state index >= 15 is 0 Å². The largest absolute Gasteiger partial charge is 0.507 e. The lowest BCUT2D eigenvalue weighted by Crippen LogP contribution is -2.32. The van der Waals surface area contributed by atoms with Gasteiger partial charge in [-0.25, -0.2) is 0 Å². The number of aromatic hydroxyl groups is 1. The Morgan fingerprint density at radius 3 is 2.86 bits per heavy atom. The summed E-state index contributed by atoms with van der Waals surface area (Å²) in [6.07, 6.45) is 3.65. The maximum absolute atomic E-state index is 12.9. The van der Waals surface area contributed by atoms with Crippen LogP contribution in [-0.4, -0.2) is 45.4 Å². The predicted molar refractivity (Wildman–Crippen MR) is 112 cm³/mol. The molecule has 0 atom stereocenters. The highest BCUT2D eigenvalue weighted by molar-refractivity contribution is 7.99. The van der Waals surface area contributed by atoms with Gasteiger partial charge in [-0.05, 0) is 24.3 Å². The molecule has 2 aliphatic heterocycles. The Hall–Kier alpha value is -2.70. The van der Waals surface area contributed by atoms with Crippen molar-refractivity contribution in [2.45, 2.75) is 6.54 Å². The number of aromatic amines is 1. The molecule has 2 aliphatic rings. The molecular weight excluding hydrogens is 372 g/mol. The second-order valence-electron chi connectivity index (χ2n) is 7.06. The van der Waals surface area contributed by atoms with E-state index in [1.807, 2.05) is 42.2 Å². The monoisotopic (exact) mass is 392 g/mol. The second-order valence-corrected chi connectivity index (χ2v) is 8.28. The number of allylic oxidation sites excluding steroid dienone is 1. The van der Waals surface area contributed by atoms with E-state index in [1.54, 1.807) is 18.2 Å². The highest BCUT2D eigenvalue weighted by atomic mass is 32.2. The molecule has 3 heterocycles. The summed E-state index contributed by atoms with van der Waals surface area (Å²) in [5.41, 5.74) is 3.13. The topological polar surface area (TPSA) is 65.6 Å². The molecule has 2 N–H and O–H groups in total. The van der Waals surface area contributed by atoms with E-state index in [2.05, 4.69) is 9.88 Å². The smallest absolute Gasteiger partial charge is 0.231 e. The first-order valence-corrected chi connectivity index (χ1v) is 10.5. The van der Waals surface area contributed by atoms with Gasteiger partial charge in [0.2, 0.25) is 5.78 Å². The predicted octanol–water partition coefficient (Wildman–Crippen LogP) is 4.04. The number of hydrogen-bond donors (Lipinski definition) is 2. The average Bonchev–Trinajstić information content (AvgIpc) is 3.27.